The van der Waals surface area contributed by atoms with Crippen LogP contribution in [-0.4, -0.2) is 31.5 Å². The first kappa shape index (κ1) is 21.6. The largest absolute Gasteiger partial charge is 0.357 e. The zero-order valence-corrected chi connectivity index (χ0v) is 15.9. The van der Waals surface area contributed by atoms with Crippen LogP contribution in [0.1, 0.15) is 12.5 Å². The van der Waals surface area contributed by atoms with Crippen LogP contribution in [0.25, 0.3) is 0 Å². The fraction of sp³-hybridized carbons (Fsp3) is 0.263. The molecule has 0 unspecified atom stereocenters. The highest BCUT2D eigenvalue weighted by atomic mass is 35.5. The Balaban J connectivity index is 1.91. The van der Waals surface area contributed by atoms with Gasteiger partial charge in [0.1, 0.15) is 6.54 Å². The predicted molar refractivity (Wildman–Crippen MR) is 104 cm³/mol. The number of amides is 1. The van der Waals surface area contributed by atoms with Gasteiger partial charge in [-0.15, -0.1) is 0 Å². The van der Waals surface area contributed by atoms with E-state index in [1.54, 1.807) is 6.07 Å². The van der Waals surface area contributed by atoms with Crippen LogP contribution in [-0.2, 0) is 11.2 Å². The van der Waals surface area contributed by atoms with Crippen LogP contribution in [0, 0.1) is 17.5 Å². The van der Waals surface area contributed by atoms with Gasteiger partial charge in [0.15, 0.2) is 23.4 Å². The zero-order valence-electron chi connectivity index (χ0n) is 15.2. The predicted octanol–water partition coefficient (Wildman–Crippen LogP) is 3.49. The Morgan fingerprint density at radius 3 is 2.54 bits per heavy atom. The molecule has 2 aromatic rings. The quantitative estimate of drug-likeness (QED) is 0.370. The summed E-state index contributed by atoms with van der Waals surface area (Å²) in [7, 11) is 0. The summed E-state index contributed by atoms with van der Waals surface area (Å²) in [6, 6.07) is 9.14. The highest BCUT2D eigenvalue weighted by molar-refractivity contribution is 6.31. The minimum absolute atomic E-state index is 0.333. The van der Waals surface area contributed by atoms with E-state index in [4.69, 9.17) is 11.6 Å². The number of halogens is 4. The number of carbonyl (C=O) groups is 1. The van der Waals surface area contributed by atoms with Crippen LogP contribution >= 0.6 is 11.6 Å². The molecular formula is C19H20ClF3N4O. The minimum atomic E-state index is -1.64. The van der Waals surface area contributed by atoms with E-state index in [2.05, 4.69) is 20.9 Å². The number of hydrogen-bond donors (Lipinski definition) is 3. The lowest BCUT2D eigenvalue weighted by molar-refractivity contribution is -0.114. The molecular weight excluding hydrogens is 393 g/mol. The third kappa shape index (κ3) is 6.16. The van der Waals surface area contributed by atoms with Crippen molar-refractivity contribution in [2.45, 2.75) is 13.3 Å². The molecule has 0 spiro atoms. The van der Waals surface area contributed by atoms with Gasteiger partial charge in [0, 0.05) is 18.1 Å². The van der Waals surface area contributed by atoms with Crippen LogP contribution in [0.4, 0.5) is 18.9 Å². The van der Waals surface area contributed by atoms with Gasteiger partial charge in [-0.2, -0.15) is 0 Å². The molecule has 9 heteroatoms. The van der Waals surface area contributed by atoms with Gasteiger partial charge in [-0.3, -0.25) is 4.79 Å². The van der Waals surface area contributed by atoms with Gasteiger partial charge >= 0.3 is 0 Å². The molecule has 0 saturated heterocycles. The lowest BCUT2D eigenvalue weighted by Crippen LogP contribution is -2.39. The SMILES string of the molecule is CCNC(=NCC(=O)Nc1ccc(F)c(F)c1F)NCCc1ccccc1Cl. The molecule has 2 rings (SSSR count). The van der Waals surface area contributed by atoms with Crippen LogP contribution < -0.4 is 16.0 Å². The average molecular weight is 413 g/mol. The number of anilines is 1. The molecule has 0 aliphatic carbocycles. The van der Waals surface area contributed by atoms with Crippen LogP contribution in [0.3, 0.4) is 0 Å². The second-order valence-electron chi connectivity index (χ2n) is 5.73. The molecule has 0 atom stereocenters. The Hall–Kier alpha value is -2.74. The highest BCUT2D eigenvalue weighted by Gasteiger charge is 2.15. The molecule has 0 aromatic heterocycles. The van der Waals surface area contributed by atoms with Crippen molar-refractivity contribution in [3.05, 3.63) is 64.4 Å². The monoisotopic (exact) mass is 412 g/mol. The van der Waals surface area contributed by atoms with E-state index < -0.39 is 29.0 Å². The molecule has 0 heterocycles. The number of carbonyl (C=O) groups excluding carboxylic acids is 1. The number of nitrogens with zero attached hydrogens (tertiary/aromatic N) is 1. The van der Waals surface area contributed by atoms with Crippen LogP contribution in [0.5, 0.6) is 0 Å². The Morgan fingerprint density at radius 2 is 1.82 bits per heavy atom. The number of aliphatic imine (C=N–C) groups is 1. The van der Waals surface area contributed by atoms with Crippen LogP contribution in [0.2, 0.25) is 5.02 Å². The molecule has 150 valence electrons. The second-order valence-corrected chi connectivity index (χ2v) is 6.14. The lowest BCUT2D eigenvalue weighted by atomic mass is 10.1. The van der Waals surface area contributed by atoms with Crippen molar-refractivity contribution in [3.63, 3.8) is 0 Å². The van der Waals surface area contributed by atoms with Gasteiger partial charge < -0.3 is 16.0 Å². The summed E-state index contributed by atoms with van der Waals surface area (Å²) in [4.78, 5) is 16.0. The summed E-state index contributed by atoms with van der Waals surface area (Å²) in [5.41, 5.74) is 0.523. The maximum Gasteiger partial charge on any atom is 0.246 e. The highest BCUT2D eigenvalue weighted by Crippen LogP contribution is 2.19. The minimum Gasteiger partial charge on any atom is -0.357 e. The number of benzene rings is 2. The molecule has 1 amide bonds. The van der Waals surface area contributed by atoms with Gasteiger partial charge in [0.25, 0.3) is 0 Å². The van der Waals surface area contributed by atoms with E-state index in [1.165, 1.54) is 0 Å². The van der Waals surface area contributed by atoms with Gasteiger partial charge in [-0.05, 0) is 37.1 Å². The molecule has 3 N–H and O–H groups in total. The number of guanidine groups is 1. The number of rotatable bonds is 7. The maximum absolute atomic E-state index is 13.6. The van der Waals surface area contributed by atoms with E-state index >= 15 is 0 Å². The fourth-order valence-corrected chi connectivity index (χ4v) is 2.55. The third-order valence-electron chi connectivity index (χ3n) is 3.68. The molecule has 28 heavy (non-hydrogen) atoms. The fourth-order valence-electron chi connectivity index (χ4n) is 2.32. The Bertz CT molecular complexity index is 861. The summed E-state index contributed by atoms with van der Waals surface area (Å²) >= 11 is 6.11. The van der Waals surface area contributed by atoms with Crippen molar-refractivity contribution in [2.75, 3.05) is 25.0 Å². The Morgan fingerprint density at radius 1 is 1.07 bits per heavy atom. The molecule has 0 bridgehead atoms. The number of nitrogens with one attached hydrogen (secondary N) is 3. The van der Waals surface area contributed by atoms with E-state index in [0.717, 1.165) is 17.7 Å². The van der Waals surface area contributed by atoms with Crippen molar-refractivity contribution >= 4 is 29.2 Å². The van der Waals surface area contributed by atoms with Crippen molar-refractivity contribution in [2.24, 2.45) is 4.99 Å². The average Bonchev–Trinajstić information content (AvgIpc) is 2.68. The second kappa shape index (κ2) is 10.6. The summed E-state index contributed by atoms with van der Waals surface area (Å²) in [6.07, 6.45) is 0.649. The van der Waals surface area contributed by atoms with Gasteiger partial charge in [0.2, 0.25) is 5.91 Å². The third-order valence-corrected chi connectivity index (χ3v) is 4.05. The molecule has 0 radical (unpaired) electrons. The van der Waals surface area contributed by atoms with E-state index in [-0.39, 0.29) is 6.54 Å². The first-order valence-electron chi connectivity index (χ1n) is 8.61. The summed E-state index contributed by atoms with van der Waals surface area (Å²) < 4.78 is 39.7. The smallest absolute Gasteiger partial charge is 0.246 e. The normalized spacial score (nSPS) is 11.2. The molecule has 0 aliphatic heterocycles. The van der Waals surface area contributed by atoms with Gasteiger partial charge in [-0.1, -0.05) is 29.8 Å². The molecule has 2 aromatic carbocycles. The van der Waals surface area contributed by atoms with Crippen LogP contribution in [0.15, 0.2) is 41.4 Å². The lowest BCUT2D eigenvalue weighted by Gasteiger charge is -2.12. The standard InChI is InChI=1S/C19H20ClF3N4O/c1-2-24-19(25-10-9-12-5-3-4-6-13(12)20)26-11-16(28)27-15-8-7-14(21)17(22)18(15)23/h3-8H,2,9-11H2,1H3,(H,27,28)(H2,24,25,26). The maximum atomic E-state index is 13.6. The first-order valence-corrected chi connectivity index (χ1v) is 8.99. The topological polar surface area (TPSA) is 65.5 Å². The van der Waals surface area contributed by atoms with Crippen molar-refractivity contribution < 1.29 is 18.0 Å². The summed E-state index contributed by atoms with van der Waals surface area (Å²) in [6.45, 7) is 2.62. The summed E-state index contributed by atoms with van der Waals surface area (Å²) in [5, 5.41) is 8.86. The molecule has 0 aliphatic rings. The number of hydrogen-bond acceptors (Lipinski definition) is 2. The van der Waals surface area contributed by atoms with Crippen molar-refractivity contribution in [1.29, 1.82) is 0 Å². The van der Waals surface area contributed by atoms with Crippen molar-refractivity contribution in [1.82, 2.24) is 10.6 Å². The van der Waals surface area contributed by atoms with Crippen molar-refractivity contribution in [3.8, 4) is 0 Å². The first-order chi connectivity index (χ1) is 13.4. The molecule has 0 saturated carbocycles. The Kier molecular flexibility index (Phi) is 8.13. The van der Waals surface area contributed by atoms with E-state index in [1.807, 2.05) is 25.1 Å². The Labute approximate surface area is 166 Å². The van der Waals surface area contributed by atoms with Gasteiger partial charge in [-0.25, -0.2) is 18.2 Å². The zero-order chi connectivity index (χ0) is 20.5. The molecule has 5 nitrogen and oxygen atoms in total. The van der Waals surface area contributed by atoms with E-state index in [0.29, 0.717) is 30.5 Å². The molecule has 0 fully saturated rings. The summed E-state index contributed by atoms with van der Waals surface area (Å²) in [5.74, 6) is -4.72. The van der Waals surface area contributed by atoms with Gasteiger partial charge in [0.05, 0.1) is 5.69 Å². The van der Waals surface area contributed by atoms with E-state index in [9.17, 15) is 18.0 Å².